The van der Waals surface area contributed by atoms with E-state index in [2.05, 4.69) is 34.2 Å². The second-order valence-electron chi connectivity index (χ2n) is 3.70. The number of hydrogen-bond donors (Lipinski definition) is 1. The molecule has 0 aromatic carbocycles. The van der Waals surface area contributed by atoms with Crippen LogP contribution in [0.1, 0.15) is 25.3 Å². The van der Waals surface area contributed by atoms with Crippen molar-refractivity contribution in [3.05, 3.63) is 11.9 Å². The third-order valence-electron chi connectivity index (χ3n) is 2.50. The van der Waals surface area contributed by atoms with Gasteiger partial charge in [0.05, 0.1) is 0 Å². The topological polar surface area (TPSA) is 41.1 Å². The highest BCUT2D eigenvalue weighted by Gasteiger charge is 2.09. The van der Waals surface area contributed by atoms with E-state index >= 15 is 0 Å². The maximum atomic E-state index is 4.31. The highest BCUT2D eigenvalue weighted by molar-refractivity contribution is 5.57. The lowest BCUT2D eigenvalue weighted by Gasteiger charge is -2.20. The van der Waals surface area contributed by atoms with Crippen molar-refractivity contribution in [1.82, 2.24) is 9.97 Å². The minimum atomic E-state index is 0.906. The van der Waals surface area contributed by atoms with Gasteiger partial charge in [-0.2, -0.15) is 0 Å². The van der Waals surface area contributed by atoms with Gasteiger partial charge in [-0.1, -0.05) is 13.3 Å². The van der Waals surface area contributed by atoms with Crippen LogP contribution in [-0.2, 0) is 0 Å². The second kappa shape index (κ2) is 5.53. The largest absolute Gasteiger partial charge is 0.373 e. The van der Waals surface area contributed by atoms with E-state index in [9.17, 15) is 0 Å². The highest BCUT2D eigenvalue weighted by atomic mass is 15.2. The zero-order valence-corrected chi connectivity index (χ0v) is 10.0. The van der Waals surface area contributed by atoms with Crippen molar-refractivity contribution in [1.29, 1.82) is 0 Å². The highest BCUT2D eigenvalue weighted by Crippen LogP contribution is 2.20. The molecule has 0 unspecified atom stereocenters. The molecule has 0 aliphatic rings. The smallest absolute Gasteiger partial charge is 0.136 e. The SMILES string of the molecule is CCCCN(C)c1ncnc(NC)c1C. The summed E-state index contributed by atoms with van der Waals surface area (Å²) >= 11 is 0. The summed E-state index contributed by atoms with van der Waals surface area (Å²) in [6.45, 7) is 5.28. The first-order valence-electron chi connectivity index (χ1n) is 5.41. The van der Waals surface area contributed by atoms with E-state index in [0.29, 0.717) is 0 Å². The molecule has 0 spiro atoms. The molecule has 1 N–H and O–H groups in total. The minimum absolute atomic E-state index is 0.906. The molecule has 0 saturated carbocycles. The number of nitrogens with one attached hydrogen (secondary N) is 1. The molecule has 0 aliphatic carbocycles. The van der Waals surface area contributed by atoms with Gasteiger partial charge in [0.25, 0.3) is 0 Å². The zero-order valence-electron chi connectivity index (χ0n) is 10.0. The van der Waals surface area contributed by atoms with Crippen LogP contribution < -0.4 is 10.2 Å². The lowest BCUT2D eigenvalue weighted by atomic mass is 10.2. The van der Waals surface area contributed by atoms with Crippen molar-refractivity contribution in [2.24, 2.45) is 0 Å². The summed E-state index contributed by atoms with van der Waals surface area (Å²) in [7, 11) is 3.95. The van der Waals surface area contributed by atoms with Gasteiger partial charge in [-0.15, -0.1) is 0 Å². The van der Waals surface area contributed by atoms with Gasteiger partial charge in [0.1, 0.15) is 18.0 Å². The Morgan fingerprint density at radius 2 is 2.13 bits per heavy atom. The van der Waals surface area contributed by atoms with Gasteiger partial charge >= 0.3 is 0 Å². The van der Waals surface area contributed by atoms with Crippen LogP contribution >= 0.6 is 0 Å². The van der Waals surface area contributed by atoms with Gasteiger partial charge < -0.3 is 10.2 Å². The van der Waals surface area contributed by atoms with Crippen molar-refractivity contribution in [3.63, 3.8) is 0 Å². The maximum Gasteiger partial charge on any atom is 0.136 e. The minimum Gasteiger partial charge on any atom is -0.373 e. The number of anilines is 2. The lowest BCUT2D eigenvalue weighted by molar-refractivity contribution is 0.756. The van der Waals surface area contributed by atoms with Gasteiger partial charge in [-0.25, -0.2) is 9.97 Å². The third-order valence-corrected chi connectivity index (χ3v) is 2.50. The average molecular weight is 208 g/mol. The first-order chi connectivity index (χ1) is 7.20. The molecule has 4 nitrogen and oxygen atoms in total. The van der Waals surface area contributed by atoms with Gasteiger partial charge in [0.2, 0.25) is 0 Å². The summed E-state index contributed by atoms with van der Waals surface area (Å²) in [5.41, 5.74) is 1.11. The fraction of sp³-hybridized carbons (Fsp3) is 0.636. The van der Waals surface area contributed by atoms with Crippen LogP contribution in [0, 0.1) is 6.92 Å². The lowest BCUT2D eigenvalue weighted by Crippen LogP contribution is -2.21. The second-order valence-corrected chi connectivity index (χ2v) is 3.70. The Hall–Kier alpha value is -1.32. The molecule has 4 heteroatoms. The van der Waals surface area contributed by atoms with E-state index in [1.807, 2.05) is 14.0 Å². The molecule has 1 rings (SSSR count). The summed E-state index contributed by atoms with van der Waals surface area (Å²) in [4.78, 5) is 10.7. The van der Waals surface area contributed by atoms with E-state index in [1.54, 1.807) is 6.33 Å². The maximum absolute atomic E-state index is 4.31. The molecular formula is C11H20N4. The van der Waals surface area contributed by atoms with Gasteiger partial charge in [0, 0.05) is 26.2 Å². The molecule has 0 aliphatic heterocycles. The first-order valence-corrected chi connectivity index (χ1v) is 5.41. The monoisotopic (exact) mass is 208 g/mol. The molecule has 15 heavy (non-hydrogen) atoms. The predicted octanol–water partition coefficient (Wildman–Crippen LogP) is 2.06. The van der Waals surface area contributed by atoms with Gasteiger partial charge in [-0.3, -0.25) is 0 Å². The average Bonchev–Trinajstić information content (AvgIpc) is 2.26. The van der Waals surface area contributed by atoms with Crippen molar-refractivity contribution >= 4 is 11.6 Å². The molecular weight excluding hydrogens is 188 g/mol. The van der Waals surface area contributed by atoms with E-state index in [1.165, 1.54) is 12.8 Å². The van der Waals surface area contributed by atoms with E-state index < -0.39 is 0 Å². The van der Waals surface area contributed by atoms with E-state index in [4.69, 9.17) is 0 Å². The molecule has 84 valence electrons. The van der Waals surface area contributed by atoms with Crippen molar-refractivity contribution < 1.29 is 0 Å². The van der Waals surface area contributed by atoms with E-state index in [0.717, 1.165) is 23.7 Å². The van der Waals surface area contributed by atoms with Crippen LogP contribution in [0.2, 0.25) is 0 Å². The fourth-order valence-electron chi connectivity index (χ4n) is 1.58. The Balaban J connectivity index is 2.83. The van der Waals surface area contributed by atoms with Crippen LogP contribution in [0.15, 0.2) is 6.33 Å². The molecule has 0 bridgehead atoms. The van der Waals surface area contributed by atoms with Crippen LogP contribution in [0.3, 0.4) is 0 Å². The normalized spacial score (nSPS) is 10.1. The number of hydrogen-bond acceptors (Lipinski definition) is 4. The number of rotatable bonds is 5. The Morgan fingerprint density at radius 3 is 2.73 bits per heavy atom. The first kappa shape index (κ1) is 11.8. The molecule has 1 aromatic heterocycles. The summed E-state index contributed by atoms with van der Waals surface area (Å²) in [6, 6.07) is 0. The molecule has 0 fully saturated rings. The molecule has 0 saturated heterocycles. The standard InChI is InChI=1S/C11H20N4/c1-5-6-7-15(4)11-9(2)10(12-3)13-8-14-11/h8H,5-7H2,1-4H3,(H,12,13,14). The van der Waals surface area contributed by atoms with Crippen molar-refractivity contribution in [3.8, 4) is 0 Å². The summed E-state index contributed by atoms with van der Waals surface area (Å²) < 4.78 is 0. The Kier molecular flexibility index (Phi) is 4.34. The summed E-state index contributed by atoms with van der Waals surface area (Å²) in [5.74, 6) is 1.92. The number of nitrogens with zero attached hydrogens (tertiary/aromatic N) is 3. The Morgan fingerprint density at radius 1 is 1.40 bits per heavy atom. The Bertz CT molecular complexity index is 311. The summed E-state index contributed by atoms with van der Waals surface area (Å²) in [6.07, 6.45) is 4.00. The number of aromatic nitrogens is 2. The predicted molar refractivity (Wildman–Crippen MR) is 64.5 cm³/mol. The van der Waals surface area contributed by atoms with Crippen LogP contribution in [0.4, 0.5) is 11.6 Å². The number of unbranched alkanes of at least 4 members (excludes halogenated alkanes) is 1. The van der Waals surface area contributed by atoms with E-state index in [-0.39, 0.29) is 0 Å². The van der Waals surface area contributed by atoms with Crippen molar-refractivity contribution in [2.75, 3.05) is 30.9 Å². The molecule has 1 aromatic rings. The molecule has 1 heterocycles. The fourth-order valence-corrected chi connectivity index (χ4v) is 1.58. The molecule has 0 atom stereocenters. The molecule has 0 amide bonds. The van der Waals surface area contributed by atoms with Crippen molar-refractivity contribution in [2.45, 2.75) is 26.7 Å². The Labute approximate surface area is 91.7 Å². The summed E-state index contributed by atoms with van der Waals surface area (Å²) in [5, 5.41) is 3.07. The zero-order chi connectivity index (χ0) is 11.3. The van der Waals surface area contributed by atoms with Gasteiger partial charge in [0.15, 0.2) is 0 Å². The van der Waals surface area contributed by atoms with Crippen LogP contribution in [0.5, 0.6) is 0 Å². The third kappa shape index (κ3) is 2.81. The quantitative estimate of drug-likeness (QED) is 0.804. The van der Waals surface area contributed by atoms with Crippen LogP contribution in [0.25, 0.3) is 0 Å². The van der Waals surface area contributed by atoms with Crippen LogP contribution in [-0.4, -0.2) is 30.6 Å². The van der Waals surface area contributed by atoms with Gasteiger partial charge in [-0.05, 0) is 13.3 Å². The molecule has 0 radical (unpaired) electrons.